The number of hydrogen-bond acceptors (Lipinski definition) is 3. The highest BCUT2D eigenvalue weighted by Gasteiger charge is 2.14. The molecule has 0 N–H and O–H groups in total. The molecule has 0 saturated heterocycles. The van der Waals surface area contributed by atoms with Crippen LogP contribution in [-0.2, 0) is 0 Å². The predicted molar refractivity (Wildman–Crippen MR) is 129 cm³/mol. The van der Waals surface area contributed by atoms with Crippen molar-refractivity contribution in [2.24, 2.45) is 0 Å². The van der Waals surface area contributed by atoms with Gasteiger partial charge in [-0.2, -0.15) is 4.68 Å². The Balaban J connectivity index is 1.64. The molecule has 6 heteroatoms. The standard InChI is InChI=1S/C25H20ClN3OS/c1-19-10-16-23(17-11-19)31-18-6-5-9-24-27-29(22-14-12-20(26)13-15-22)25(30)28(24)21-7-3-2-4-8-21/h2-18H,1H3/b9-5-,18-6+. The summed E-state index contributed by atoms with van der Waals surface area (Å²) < 4.78 is 2.97. The number of nitrogens with zero attached hydrogens (tertiary/aromatic N) is 3. The predicted octanol–water partition coefficient (Wildman–Crippen LogP) is 6.30. The molecule has 3 aromatic carbocycles. The summed E-state index contributed by atoms with van der Waals surface area (Å²) in [4.78, 5) is 14.3. The zero-order valence-corrected chi connectivity index (χ0v) is 18.4. The average Bonchev–Trinajstić information content (AvgIpc) is 3.12. The molecule has 0 saturated carbocycles. The molecule has 0 amide bonds. The lowest BCUT2D eigenvalue weighted by molar-refractivity contribution is 0.829. The van der Waals surface area contributed by atoms with Gasteiger partial charge in [0.15, 0.2) is 5.82 Å². The van der Waals surface area contributed by atoms with Gasteiger partial charge in [-0.15, -0.1) is 5.10 Å². The highest BCUT2D eigenvalue weighted by Crippen LogP contribution is 2.19. The lowest BCUT2D eigenvalue weighted by Gasteiger charge is -2.02. The summed E-state index contributed by atoms with van der Waals surface area (Å²) in [6, 6.07) is 24.9. The zero-order valence-electron chi connectivity index (χ0n) is 16.9. The molecule has 1 aromatic heterocycles. The third kappa shape index (κ3) is 5.08. The van der Waals surface area contributed by atoms with E-state index in [1.807, 2.05) is 54.0 Å². The van der Waals surface area contributed by atoms with Crippen LogP contribution in [0.15, 0.2) is 106 Å². The maximum atomic E-state index is 13.2. The van der Waals surface area contributed by atoms with Crippen LogP contribution in [0.2, 0.25) is 5.02 Å². The lowest BCUT2D eigenvalue weighted by Crippen LogP contribution is -2.22. The quantitative estimate of drug-likeness (QED) is 0.258. The summed E-state index contributed by atoms with van der Waals surface area (Å²) in [5, 5.41) is 7.16. The van der Waals surface area contributed by atoms with Gasteiger partial charge in [-0.3, -0.25) is 0 Å². The molecular weight excluding hydrogens is 426 g/mol. The largest absolute Gasteiger partial charge is 0.355 e. The molecule has 0 unspecified atom stereocenters. The van der Waals surface area contributed by atoms with E-state index in [4.69, 9.17) is 11.6 Å². The highest BCUT2D eigenvalue weighted by molar-refractivity contribution is 8.02. The number of aromatic nitrogens is 3. The van der Waals surface area contributed by atoms with Crippen molar-refractivity contribution in [3.05, 3.63) is 123 Å². The fourth-order valence-corrected chi connectivity index (χ4v) is 3.73. The normalized spacial score (nSPS) is 11.5. The van der Waals surface area contributed by atoms with Crippen molar-refractivity contribution in [2.45, 2.75) is 11.8 Å². The molecule has 1 heterocycles. The van der Waals surface area contributed by atoms with Crippen molar-refractivity contribution >= 4 is 29.4 Å². The first-order chi connectivity index (χ1) is 15.1. The second-order valence-electron chi connectivity index (χ2n) is 6.82. The molecule has 4 aromatic rings. The number of rotatable bonds is 6. The topological polar surface area (TPSA) is 39.8 Å². The summed E-state index contributed by atoms with van der Waals surface area (Å²) >= 11 is 7.62. The van der Waals surface area contributed by atoms with Crippen LogP contribution >= 0.6 is 23.4 Å². The molecule has 4 rings (SSSR count). The van der Waals surface area contributed by atoms with E-state index in [9.17, 15) is 4.79 Å². The SMILES string of the molecule is Cc1ccc(S/C=C/C=C\c2nn(-c3ccc(Cl)cc3)c(=O)n2-c2ccccc2)cc1. The van der Waals surface area contributed by atoms with Crippen molar-refractivity contribution < 1.29 is 0 Å². The highest BCUT2D eigenvalue weighted by atomic mass is 35.5. The summed E-state index contributed by atoms with van der Waals surface area (Å²) in [5.41, 5.74) is 2.41. The Morgan fingerprint density at radius 3 is 2.29 bits per heavy atom. The van der Waals surface area contributed by atoms with Crippen LogP contribution in [0.25, 0.3) is 17.5 Å². The van der Waals surface area contributed by atoms with Crippen molar-refractivity contribution in [3.8, 4) is 11.4 Å². The van der Waals surface area contributed by atoms with E-state index in [1.54, 1.807) is 40.6 Å². The molecule has 31 heavy (non-hydrogen) atoms. The molecular formula is C25H20ClN3OS. The van der Waals surface area contributed by atoms with E-state index in [0.29, 0.717) is 16.5 Å². The molecule has 0 aliphatic carbocycles. The number of aryl methyl sites for hydroxylation is 1. The molecule has 0 aliphatic rings. The average molecular weight is 446 g/mol. The van der Waals surface area contributed by atoms with Crippen LogP contribution < -0.4 is 5.69 Å². The van der Waals surface area contributed by atoms with Gasteiger partial charge in [0.1, 0.15) is 0 Å². The molecule has 0 fully saturated rings. The Labute approximate surface area is 190 Å². The Bertz CT molecular complexity index is 1270. The third-order valence-corrected chi connectivity index (χ3v) is 5.64. The van der Waals surface area contributed by atoms with Gasteiger partial charge < -0.3 is 0 Å². The Morgan fingerprint density at radius 2 is 1.58 bits per heavy atom. The van der Waals surface area contributed by atoms with E-state index < -0.39 is 0 Å². The minimum Gasteiger partial charge on any atom is -0.245 e. The minimum atomic E-state index is -0.244. The summed E-state index contributed by atoms with van der Waals surface area (Å²) in [6.45, 7) is 2.07. The summed E-state index contributed by atoms with van der Waals surface area (Å²) in [7, 11) is 0. The van der Waals surface area contributed by atoms with Crippen molar-refractivity contribution in [3.63, 3.8) is 0 Å². The third-order valence-electron chi connectivity index (χ3n) is 4.55. The fraction of sp³-hybridized carbons (Fsp3) is 0.0400. The van der Waals surface area contributed by atoms with Crippen LogP contribution in [0.3, 0.4) is 0 Å². The number of benzene rings is 3. The Morgan fingerprint density at radius 1 is 0.871 bits per heavy atom. The molecule has 0 bridgehead atoms. The minimum absolute atomic E-state index is 0.244. The van der Waals surface area contributed by atoms with E-state index >= 15 is 0 Å². The van der Waals surface area contributed by atoms with Crippen molar-refractivity contribution in [2.75, 3.05) is 0 Å². The second kappa shape index (κ2) is 9.69. The molecule has 0 atom stereocenters. The van der Waals surface area contributed by atoms with Gasteiger partial charge in [0, 0.05) is 9.92 Å². The van der Waals surface area contributed by atoms with Crippen LogP contribution in [0.5, 0.6) is 0 Å². The van der Waals surface area contributed by atoms with Gasteiger partial charge in [-0.1, -0.05) is 71.4 Å². The number of allylic oxidation sites excluding steroid dienone is 2. The summed E-state index contributed by atoms with van der Waals surface area (Å²) in [6.07, 6.45) is 5.65. The maximum absolute atomic E-state index is 13.2. The summed E-state index contributed by atoms with van der Waals surface area (Å²) in [5.74, 6) is 0.538. The Kier molecular flexibility index (Phi) is 6.55. The van der Waals surface area contributed by atoms with E-state index in [-0.39, 0.29) is 5.69 Å². The Hall–Kier alpha value is -3.28. The molecule has 0 spiro atoms. The zero-order chi connectivity index (χ0) is 21.6. The van der Waals surface area contributed by atoms with Gasteiger partial charge in [-0.05, 0) is 66.9 Å². The van der Waals surface area contributed by atoms with Crippen molar-refractivity contribution in [1.82, 2.24) is 14.3 Å². The van der Waals surface area contributed by atoms with Crippen molar-refractivity contribution in [1.29, 1.82) is 0 Å². The first-order valence-electron chi connectivity index (χ1n) is 9.72. The van der Waals surface area contributed by atoms with Gasteiger partial charge in [-0.25, -0.2) is 9.36 Å². The molecule has 0 radical (unpaired) electrons. The molecule has 4 nitrogen and oxygen atoms in total. The van der Waals surface area contributed by atoms with Gasteiger partial charge >= 0.3 is 5.69 Å². The molecule has 0 aliphatic heterocycles. The second-order valence-corrected chi connectivity index (χ2v) is 8.23. The van der Waals surface area contributed by atoms with Gasteiger partial charge in [0.25, 0.3) is 0 Å². The van der Waals surface area contributed by atoms with E-state index in [1.165, 1.54) is 15.1 Å². The van der Waals surface area contributed by atoms with Gasteiger partial charge in [0.05, 0.1) is 11.4 Å². The van der Waals surface area contributed by atoms with E-state index in [2.05, 4.69) is 36.3 Å². The van der Waals surface area contributed by atoms with E-state index in [0.717, 1.165) is 5.69 Å². The number of halogens is 1. The van der Waals surface area contributed by atoms with Gasteiger partial charge in [0.2, 0.25) is 0 Å². The first-order valence-corrected chi connectivity index (χ1v) is 11.0. The van der Waals surface area contributed by atoms with Crippen LogP contribution in [0.1, 0.15) is 11.4 Å². The van der Waals surface area contributed by atoms with Crippen LogP contribution in [-0.4, -0.2) is 14.3 Å². The van der Waals surface area contributed by atoms with Crippen LogP contribution in [0.4, 0.5) is 0 Å². The monoisotopic (exact) mass is 445 g/mol. The maximum Gasteiger partial charge on any atom is 0.355 e. The number of para-hydroxylation sites is 1. The number of thioether (sulfide) groups is 1. The first kappa shape index (κ1) is 21.0. The molecule has 154 valence electrons. The smallest absolute Gasteiger partial charge is 0.245 e. The lowest BCUT2D eigenvalue weighted by atomic mass is 10.2. The fourth-order valence-electron chi connectivity index (χ4n) is 2.98. The van der Waals surface area contributed by atoms with Crippen LogP contribution in [0, 0.1) is 6.92 Å². The number of hydrogen-bond donors (Lipinski definition) is 0.